The van der Waals surface area contributed by atoms with Gasteiger partial charge in [-0.1, -0.05) is 15.9 Å². The summed E-state index contributed by atoms with van der Waals surface area (Å²) in [5.41, 5.74) is 0. The van der Waals surface area contributed by atoms with E-state index >= 15 is 0 Å². The summed E-state index contributed by atoms with van der Waals surface area (Å²) in [6.45, 7) is 4.25. The highest BCUT2D eigenvalue weighted by Gasteiger charge is 2.01. The van der Waals surface area contributed by atoms with Gasteiger partial charge in [-0.2, -0.15) is 0 Å². The minimum absolute atomic E-state index is 0.0134. The Labute approximate surface area is 110 Å². The van der Waals surface area contributed by atoms with Crippen molar-refractivity contribution in [3.05, 3.63) is 0 Å². The standard InChI is InChI=1S/C10H19BrN2O4/c1-2-16-5-6-17-8-10(15)13-4-3-12-9(14)7-11/h2-8H2,1H3,(H,12,14)(H,13,15). The Balaban J connectivity index is 3.26. The van der Waals surface area contributed by atoms with Crippen LogP contribution < -0.4 is 10.6 Å². The van der Waals surface area contributed by atoms with Crippen molar-refractivity contribution in [2.45, 2.75) is 6.92 Å². The van der Waals surface area contributed by atoms with Crippen LogP contribution in [0.5, 0.6) is 0 Å². The maximum Gasteiger partial charge on any atom is 0.246 e. The number of hydrogen-bond donors (Lipinski definition) is 2. The number of carbonyl (C=O) groups is 2. The van der Waals surface area contributed by atoms with Gasteiger partial charge >= 0.3 is 0 Å². The van der Waals surface area contributed by atoms with Crippen LogP contribution in [0.1, 0.15) is 6.92 Å². The van der Waals surface area contributed by atoms with Crippen molar-refractivity contribution < 1.29 is 19.1 Å². The fourth-order valence-corrected chi connectivity index (χ4v) is 1.13. The largest absolute Gasteiger partial charge is 0.379 e. The zero-order chi connectivity index (χ0) is 12.9. The summed E-state index contributed by atoms with van der Waals surface area (Å²) in [5.74, 6) is -0.304. The van der Waals surface area contributed by atoms with Crippen molar-refractivity contribution in [1.29, 1.82) is 0 Å². The molecule has 100 valence electrons. The second kappa shape index (κ2) is 11.8. The monoisotopic (exact) mass is 310 g/mol. The van der Waals surface area contributed by atoms with Gasteiger partial charge in [0.05, 0.1) is 18.5 Å². The molecule has 0 heterocycles. The third-order valence-corrected chi connectivity index (χ3v) is 2.21. The van der Waals surface area contributed by atoms with E-state index in [2.05, 4.69) is 26.6 Å². The number of carbonyl (C=O) groups excluding carboxylic acids is 2. The van der Waals surface area contributed by atoms with Crippen LogP contribution in [-0.2, 0) is 19.1 Å². The predicted molar refractivity (Wildman–Crippen MR) is 67.1 cm³/mol. The highest BCUT2D eigenvalue weighted by Crippen LogP contribution is 1.79. The Morgan fingerprint density at radius 1 is 1.06 bits per heavy atom. The predicted octanol–water partition coefficient (Wildman–Crippen LogP) is -0.333. The maximum absolute atomic E-state index is 11.2. The van der Waals surface area contributed by atoms with Crippen LogP contribution in [0.15, 0.2) is 0 Å². The third kappa shape index (κ3) is 11.6. The van der Waals surface area contributed by atoms with Crippen LogP contribution in [0, 0.1) is 0 Å². The van der Waals surface area contributed by atoms with E-state index in [9.17, 15) is 9.59 Å². The molecule has 0 saturated heterocycles. The smallest absolute Gasteiger partial charge is 0.246 e. The summed E-state index contributed by atoms with van der Waals surface area (Å²) in [6, 6.07) is 0. The number of ether oxygens (including phenoxy) is 2. The van der Waals surface area contributed by atoms with Crippen LogP contribution >= 0.6 is 15.9 Å². The second-order valence-electron chi connectivity index (χ2n) is 3.08. The fourth-order valence-electron chi connectivity index (χ4n) is 0.929. The molecule has 7 heteroatoms. The van der Waals surface area contributed by atoms with E-state index in [1.54, 1.807) is 0 Å². The summed E-state index contributed by atoms with van der Waals surface area (Å²) >= 11 is 3.02. The van der Waals surface area contributed by atoms with E-state index in [0.29, 0.717) is 32.9 Å². The van der Waals surface area contributed by atoms with Gasteiger partial charge in [0.2, 0.25) is 11.8 Å². The van der Waals surface area contributed by atoms with E-state index in [-0.39, 0.29) is 23.8 Å². The van der Waals surface area contributed by atoms with Gasteiger partial charge in [-0.15, -0.1) is 0 Å². The first kappa shape index (κ1) is 16.3. The minimum Gasteiger partial charge on any atom is -0.379 e. The molecule has 0 aliphatic heterocycles. The molecule has 0 rings (SSSR count). The van der Waals surface area contributed by atoms with Crippen molar-refractivity contribution in [3.63, 3.8) is 0 Å². The van der Waals surface area contributed by atoms with Crippen molar-refractivity contribution in [2.24, 2.45) is 0 Å². The van der Waals surface area contributed by atoms with Crippen molar-refractivity contribution in [2.75, 3.05) is 44.8 Å². The molecule has 0 aromatic rings. The number of amides is 2. The molecule has 17 heavy (non-hydrogen) atoms. The summed E-state index contributed by atoms with van der Waals surface area (Å²) < 4.78 is 10.1. The summed E-state index contributed by atoms with van der Waals surface area (Å²) in [6.07, 6.45) is 0. The van der Waals surface area contributed by atoms with Crippen LogP contribution in [-0.4, -0.2) is 56.7 Å². The van der Waals surface area contributed by atoms with Gasteiger partial charge in [0, 0.05) is 19.7 Å². The van der Waals surface area contributed by atoms with Gasteiger partial charge in [0.15, 0.2) is 0 Å². The maximum atomic E-state index is 11.2. The highest BCUT2D eigenvalue weighted by atomic mass is 79.9. The average molecular weight is 311 g/mol. The lowest BCUT2D eigenvalue weighted by atomic mass is 10.5. The molecular weight excluding hydrogens is 292 g/mol. The molecule has 0 fully saturated rings. The minimum atomic E-state index is -0.199. The average Bonchev–Trinajstić information content (AvgIpc) is 2.34. The Kier molecular flexibility index (Phi) is 11.4. The zero-order valence-corrected chi connectivity index (χ0v) is 11.5. The molecule has 0 aliphatic carbocycles. The number of hydrogen-bond acceptors (Lipinski definition) is 4. The van der Waals surface area contributed by atoms with Crippen LogP contribution in [0.2, 0.25) is 0 Å². The molecule has 0 radical (unpaired) electrons. The van der Waals surface area contributed by atoms with E-state index < -0.39 is 0 Å². The van der Waals surface area contributed by atoms with Gasteiger partial charge in [-0.25, -0.2) is 0 Å². The van der Waals surface area contributed by atoms with Gasteiger partial charge in [-0.3, -0.25) is 9.59 Å². The lowest BCUT2D eigenvalue weighted by Gasteiger charge is -2.07. The van der Waals surface area contributed by atoms with Gasteiger partial charge in [0.25, 0.3) is 0 Å². The zero-order valence-electron chi connectivity index (χ0n) is 9.96. The molecule has 0 aliphatic rings. The SMILES string of the molecule is CCOCCOCC(=O)NCCNC(=O)CBr. The second-order valence-corrected chi connectivity index (χ2v) is 3.64. The molecule has 2 amide bonds. The van der Waals surface area contributed by atoms with Gasteiger partial charge in [0.1, 0.15) is 6.61 Å². The third-order valence-electron chi connectivity index (χ3n) is 1.70. The number of rotatable bonds is 10. The Morgan fingerprint density at radius 2 is 1.65 bits per heavy atom. The molecular formula is C10H19BrN2O4. The van der Waals surface area contributed by atoms with E-state index in [4.69, 9.17) is 9.47 Å². The topological polar surface area (TPSA) is 76.7 Å². The van der Waals surface area contributed by atoms with Crippen LogP contribution in [0.4, 0.5) is 0 Å². The summed E-state index contributed by atoms with van der Waals surface area (Å²) in [5, 5.41) is 5.49. The molecule has 0 bridgehead atoms. The molecule has 0 aromatic heterocycles. The van der Waals surface area contributed by atoms with Gasteiger partial charge in [-0.05, 0) is 6.92 Å². The first-order chi connectivity index (χ1) is 8.20. The normalized spacial score (nSPS) is 10.0. The highest BCUT2D eigenvalue weighted by molar-refractivity contribution is 9.09. The molecule has 2 N–H and O–H groups in total. The fraction of sp³-hybridized carbons (Fsp3) is 0.800. The number of halogens is 1. The van der Waals surface area contributed by atoms with Gasteiger partial charge < -0.3 is 20.1 Å². The summed E-state index contributed by atoms with van der Waals surface area (Å²) in [4.78, 5) is 22.0. The van der Waals surface area contributed by atoms with Crippen LogP contribution in [0.25, 0.3) is 0 Å². The van der Waals surface area contributed by atoms with E-state index in [0.717, 1.165) is 0 Å². The van der Waals surface area contributed by atoms with Crippen molar-refractivity contribution >= 4 is 27.7 Å². The van der Waals surface area contributed by atoms with E-state index in [1.807, 2.05) is 6.92 Å². The summed E-state index contributed by atoms with van der Waals surface area (Å²) in [7, 11) is 0. The van der Waals surface area contributed by atoms with Crippen molar-refractivity contribution in [3.8, 4) is 0 Å². The quantitative estimate of drug-likeness (QED) is 0.428. The molecule has 0 unspecified atom stereocenters. The first-order valence-electron chi connectivity index (χ1n) is 5.45. The molecule has 0 spiro atoms. The first-order valence-corrected chi connectivity index (χ1v) is 6.57. The lowest BCUT2D eigenvalue weighted by molar-refractivity contribution is -0.126. The number of alkyl halides is 1. The Bertz CT molecular complexity index is 226. The Morgan fingerprint density at radius 3 is 2.24 bits per heavy atom. The Hall–Kier alpha value is -0.660. The van der Waals surface area contributed by atoms with E-state index in [1.165, 1.54) is 0 Å². The van der Waals surface area contributed by atoms with Crippen molar-refractivity contribution in [1.82, 2.24) is 10.6 Å². The molecule has 6 nitrogen and oxygen atoms in total. The molecule has 0 saturated carbocycles. The molecule has 0 aromatic carbocycles. The number of nitrogens with one attached hydrogen (secondary N) is 2. The van der Waals surface area contributed by atoms with Crippen LogP contribution in [0.3, 0.4) is 0 Å². The lowest BCUT2D eigenvalue weighted by Crippen LogP contribution is -2.36. The molecule has 0 atom stereocenters.